The molecule has 1 aliphatic rings. The van der Waals surface area contributed by atoms with Crippen LogP contribution in [0.15, 0.2) is 18.2 Å². The lowest BCUT2D eigenvalue weighted by atomic mass is 10.1. The summed E-state index contributed by atoms with van der Waals surface area (Å²) in [5.41, 5.74) is 3.59. The van der Waals surface area contributed by atoms with Crippen LogP contribution in [0.25, 0.3) is 0 Å². The summed E-state index contributed by atoms with van der Waals surface area (Å²) < 4.78 is 0. The molecule has 0 bridgehead atoms. The summed E-state index contributed by atoms with van der Waals surface area (Å²) in [6.45, 7) is 2.17. The fourth-order valence-corrected chi connectivity index (χ4v) is 1.93. The summed E-state index contributed by atoms with van der Waals surface area (Å²) in [7, 11) is 1.85. The number of amides is 1. The molecule has 14 heavy (non-hydrogen) atoms. The number of nitrogens with zero attached hydrogens (tertiary/aromatic N) is 1. The topological polar surface area (TPSA) is 20.3 Å². The number of aryl methyl sites for hydroxylation is 1. The lowest BCUT2D eigenvalue weighted by Gasteiger charge is -2.11. The Labute approximate surface area is 84.5 Å². The van der Waals surface area contributed by atoms with Crippen LogP contribution in [-0.4, -0.2) is 13.0 Å². The van der Waals surface area contributed by atoms with Crippen LogP contribution in [-0.2, 0) is 17.6 Å². The number of hydrogen-bond acceptors (Lipinski definition) is 1. The molecular formula is C12H15NO. The average molecular weight is 189 g/mol. The number of benzene rings is 1. The summed E-state index contributed by atoms with van der Waals surface area (Å²) in [5.74, 6) is 0.202. The van der Waals surface area contributed by atoms with Gasteiger partial charge in [-0.05, 0) is 23.6 Å². The van der Waals surface area contributed by atoms with E-state index in [1.54, 1.807) is 4.90 Å². The third-order valence-corrected chi connectivity index (χ3v) is 2.77. The van der Waals surface area contributed by atoms with E-state index in [9.17, 15) is 4.79 Å². The number of anilines is 1. The molecule has 1 aromatic rings. The molecule has 0 aliphatic carbocycles. The highest BCUT2D eigenvalue weighted by Gasteiger charge is 2.23. The van der Waals surface area contributed by atoms with Crippen LogP contribution in [0.2, 0.25) is 0 Å². The van der Waals surface area contributed by atoms with E-state index in [0.717, 1.165) is 24.1 Å². The third-order valence-electron chi connectivity index (χ3n) is 2.77. The number of carbonyl (C=O) groups excluding carboxylic acids is 1. The molecule has 0 unspecified atom stereocenters. The van der Waals surface area contributed by atoms with Gasteiger partial charge in [0.05, 0.1) is 6.42 Å². The van der Waals surface area contributed by atoms with E-state index in [1.807, 2.05) is 7.05 Å². The standard InChI is InChI=1S/C12H15NO/c1-3-4-9-5-6-10-8-12(14)13(2)11(10)7-9/h5-7H,3-4,8H2,1-2H3. The zero-order chi connectivity index (χ0) is 10.1. The molecule has 1 amide bonds. The van der Waals surface area contributed by atoms with Gasteiger partial charge in [0.1, 0.15) is 0 Å². The first-order chi connectivity index (χ1) is 6.72. The van der Waals surface area contributed by atoms with Crippen molar-refractivity contribution in [1.29, 1.82) is 0 Å². The van der Waals surface area contributed by atoms with Gasteiger partial charge in [-0.2, -0.15) is 0 Å². The van der Waals surface area contributed by atoms with Gasteiger partial charge in [-0.15, -0.1) is 0 Å². The quantitative estimate of drug-likeness (QED) is 0.698. The normalized spacial score (nSPS) is 14.7. The summed E-state index contributed by atoms with van der Waals surface area (Å²) in [6.07, 6.45) is 2.81. The molecule has 2 heteroatoms. The molecule has 0 fully saturated rings. The van der Waals surface area contributed by atoms with Crippen LogP contribution in [0.4, 0.5) is 5.69 Å². The van der Waals surface area contributed by atoms with Crippen molar-refractivity contribution in [1.82, 2.24) is 0 Å². The number of hydrogen-bond donors (Lipinski definition) is 0. The first-order valence-electron chi connectivity index (χ1n) is 5.10. The summed E-state index contributed by atoms with van der Waals surface area (Å²) in [6, 6.07) is 6.36. The Morgan fingerprint density at radius 2 is 2.21 bits per heavy atom. The predicted molar refractivity (Wildman–Crippen MR) is 57.6 cm³/mol. The van der Waals surface area contributed by atoms with E-state index in [0.29, 0.717) is 6.42 Å². The molecule has 1 aliphatic heterocycles. The van der Waals surface area contributed by atoms with Crippen LogP contribution in [0.5, 0.6) is 0 Å². The summed E-state index contributed by atoms with van der Waals surface area (Å²) >= 11 is 0. The van der Waals surface area contributed by atoms with E-state index in [2.05, 4.69) is 25.1 Å². The summed E-state index contributed by atoms with van der Waals surface area (Å²) in [5, 5.41) is 0. The average Bonchev–Trinajstić information content (AvgIpc) is 2.45. The smallest absolute Gasteiger partial charge is 0.231 e. The van der Waals surface area contributed by atoms with Gasteiger partial charge in [0.15, 0.2) is 0 Å². The molecule has 0 saturated carbocycles. The van der Waals surface area contributed by atoms with Gasteiger partial charge in [0, 0.05) is 12.7 Å². The molecule has 0 spiro atoms. The van der Waals surface area contributed by atoms with Crippen LogP contribution < -0.4 is 4.90 Å². The SMILES string of the molecule is CCCc1ccc2c(c1)N(C)C(=O)C2. The Morgan fingerprint density at radius 1 is 1.43 bits per heavy atom. The van der Waals surface area contributed by atoms with Crippen molar-refractivity contribution in [3.05, 3.63) is 29.3 Å². The first kappa shape index (κ1) is 9.25. The monoisotopic (exact) mass is 189 g/mol. The van der Waals surface area contributed by atoms with Crippen molar-refractivity contribution in [2.45, 2.75) is 26.2 Å². The van der Waals surface area contributed by atoms with Crippen molar-refractivity contribution in [2.24, 2.45) is 0 Å². The lowest BCUT2D eigenvalue weighted by Crippen LogP contribution is -2.20. The van der Waals surface area contributed by atoms with Gasteiger partial charge < -0.3 is 4.90 Å². The van der Waals surface area contributed by atoms with Gasteiger partial charge in [-0.3, -0.25) is 4.79 Å². The Morgan fingerprint density at radius 3 is 2.93 bits per heavy atom. The second-order valence-electron chi connectivity index (χ2n) is 3.84. The molecule has 2 rings (SSSR count). The number of rotatable bonds is 2. The molecule has 74 valence electrons. The second-order valence-corrected chi connectivity index (χ2v) is 3.84. The molecule has 0 radical (unpaired) electrons. The molecule has 0 aromatic heterocycles. The fraction of sp³-hybridized carbons (Fsp3) is 0.417. The van der Waals surface area contributed by atoms with Gasteiger partial charge in [-0.25, -0.2) is 0 Å². The molecule has 0 atom stereocenters. The second kappa shape index (κ2) is 3.45. The van der Waals surface area contributed by atoms with Crippen LogP contribution in [0, 0.1) is 0 Å². The van der Waals surface area contributed by atoms with E-state index >= 15 is 0 Å². The minimum absolute atomic E-state index is 0.202. The third kappa shape index (κ3) is 1.41. The highest BCUT2D eigenvalue weighted by molar-refractivity contribution is 6.00. The molecule has 0 N–H and O–H groups in total. The van der Waals surface area contributed by atoms with Crippen molar-refractivity contribution < 1.29 is 4.79 Å². The van der Waals surface area contributed by atoms with Gasteiger partial charge >= 0.3 is 0 Å². The van der Waals surface area contributed by atoms with Crippen LogP contribution in [0.3, 0.4) is 0 Å². The minimum Gasteiger partial charge on any atom is -0.315 e. The first-order valence-corrected chi connectivity index (χ1v) is 5.10. The Bertz CT molecular complexity index is 371. The van der Waals surface area contributed by atoms with Crippen LogP contribution in [0.1, 0.15) is 24.5 Å². The molecular weight excluding hydrogens is 174 g/mol. The van der Waals surface area contributed by atoms with Gasteiger partial charge in [-0.1, -0.05) is 25.5 Å². The molecule has 0 saturated heterocycles. The van der Waals surface area contributed by atoms with E-state index in [4.69, 9.17) is 0 Å². The maximum absolute atomic E-state index is 11.4. The van der Waals surface area contributed by atoms with E-state index in [-0.39, 0.29) is 5.91 Å². The molecule has 2 nitrogen and oxygen atoms in total. The number of fused-ring (bicyclic) bond motifs is 1. The van der Waals surface area contributed by atoms with E-state index in [1.165, 1.54) is 5.56 Å². The lowest BCUT2D eigenvalue weighted by molar-refractivity contribution is -0.117. The maximum atomic E-state index is 11.4. The zero-order valence-electron chi connectivity index (χ0n) is 8.71. The largest absolute Gasteiger partial charge is 0.315 e. The van der Waals surface area contributed by atoms with Gasteiger partial charge in [0.25, 0.3) is 0 Å². The number of carbonyl (C=O) groups is 1. The van der Waals surface area contributed by atoms with Crippen molar-refractivity contribution in [3.8, 4) is 0 Å². The highest BCUT2D eigenvalue weighted by atomic mass is 16.2. The fourth-order valence-electron chi connectivity index (χ4n) is 1.93. The molecule has 1 heterocycles. The Balaban J connectivity index is 2.36. The maximum Gasteiger partial charge on any atom is 0.231 e. The van der Waals surface area contributed by atoms with Crippen LogP contribution >= 0.6 is 0 Å². The predicted octanol–water partition coefficient (Wildman–Crippen LogP) is 2.16. The Kier molecular flexibility index (Phi) is 2.28. The van der Waals surface area contributed by atoms with E-state index < -0.39 is 0 Å². The van der Waals surface area contributed by atoms with Crippen molar-refractivity contribution in [3.63, 3.8) is 0 Å². The zero-order valence-corrected chi connectivity index (χ0v) is 8.71. The minimum atomic E-state index is 0.202. The van der Waals surface area contributed by atoms with Gasteiger partial charge in [0.2, 0.25) is 5.91 Å². The van der Waals surface area contributed by atoms with Crippen molar-refractivity contribution >= 4 is 11.6 Å². The highest BCUT2D eigenvalue weighted by Crippen LogP contribution is 2.28. The number of likely N-dealkylation sites (N-methyl/N-ethyl adjacent to an activating group) is 1. The van der Waals surface area contributed by atoms with Crippen molar-refractivity contribution in [2.75, 3.05) is 11.9 Å². The Hall–Kier alpha value is -1.31. The summed E-state index contributed by atoms with van der Waals surface area (Å²) in [4.78, 5) is 13.2. The molecule has 1 aromatic carbocycles.